The highest BCUT2D eigenvalue weighted by Gasteiger charge is 2.20. The molecule has 0 bridgehead atoms. The molecule has 0 spiro atoms. The molecule has 2 heterocycles. The molecule has 4 nitrogen and oxygen atoms in total. The number of anilines is 1. The number of halogens is 1. The molecule has 1 aromatic heterocycles. The molecule has 1 fully saturated rings. The van der Waals surface area contributed by atoms with Crippen molar-refractivity contribution in [3.8, 4) is 0 Å². The molecule has 1 saturated heterocycles. The van der Waals surface area contributed by atoms with Gasteiger partial charge in [-0.2, -0.15) is 0 Å². The summed E-state index contributed by atoms with van der Waals surface area (Å²) in [7, 11) is 0. The maximum atomic E-state index is 8.95. The van der Waals surface area contributed by atoms with Crippen LogP contribution in [0, 0.1) is 5.92 Å². The number of aromatic nitrogens is 2. The topological polar surface area (TPSA) is 49.2 Å². The molecule has 1 atom stereocenters. The first kappa shape index (κ1) is 11.6. The van der Waals surface area contributed by atoms with Gasteiger partial charge in [0.2, 0.25) is 5.28 Å². The largest absolute Gasteiger partial charge is 0.396 e. The van der Waals surface area contributed by atoms with E-state index in [4.69, 9.17) is 16.7 Å². The maximum absolute atomic E-state index is 8.95. The summed E-state index contributed by atoms with van der Waals surface area (Å²) in [5.41, 5.74) is 0. The Morgan fingerprint density at radius 2 is 2.44 bits per heavy atom. The van der Waals surface area contributed by atoms with Crippen molar-refractivity contribution in [1.29, 1.82) is 0 Å². The lowest BCUT2D eigenvalue weighted by Crippen LogP contribution is -2.36. The van der Waals surface area contributed by atoms with Crippen LogP contribution in [0.4, 0.5) is 5.82 Å². The molecule has 1 unspecified atom stereocenters. The highest BCUT2D eigenvalue weighted by molar-refractivity contribution is 6.28. The molecule has 2 rings (SSSR count). The van der Waals surface area contributed by atoms with Crippen molar-refractivity contribution in [3.63, 3.8) is 0 Å². The summed E-state index contributed by atoms with van der Waals surface area (Å²) in [5, 5.41) is 9.25. The normalized spacial score (nSPS) is 21.1. The van der Waals surface area contributed by atoms with Crippen molar-refractivity contribution < 1.29 is 5.11 Å². The lowest BCUT2D eigenvalue weighted by Gasteiger charge is -2.33. The van der Waals surface area contributed by atoms with Crippen molar-refractivity contribution in [1.82, 2.24) is 9.97 Å². The van der Waals surface area contributed by atoms with Crippen LogP contribution < -0.4 is 4.90 Å². The Morgan fingerprint density at radius 1 is 1.56 bits per heavy atom. The van der Waals surface area contributed by atoms with E-state index in [0.717, 1.165) is 31.7 Å². The van der Waals surface area contributed by atoms with Gasteiger partial charge in [0.25, 0.3) is 0 Å². The zero-order valence-corrected chi connectivity index (χ0v) is 9.90. The Morgan fingerprint density at radius 3 is 3.19 bits per heavy atom. The lowest BCUT2D eigenvalue weighted by atomic mass is 9.95. The molecule has 0 amide bonds. The van der Waals surface area contributed by atoms with Crippen molar-refractivity contribution >= 4 is 17.4 Å². The van der Waals surface area contributed by atoms with Crippen molar-refractivity contribution in [2.24, 2.45) is 5.92 Å². The number of piperidine rings is 1. The molecule has 1 aromatic rings. The molecule has 1 aliphatic heterocycles. The van der Waals surface area contributed by atoms with E-state index in [1.54, 1.807) is 6.20 Å². The Balaban J connectivity index is 2.03. The van der Waals surface area contributed by atoms with Crippen LogP contribution in [0.2, 0.25) is 5.28 Å². The van der Waals surface area contributed by atoms with Crippen molar-refractivity contribution in [2.75, 3.05) is 24.6 Å². The molecule has 0 aromatic carbocycles. The lowest BCUT2D eigenvalue weighted by molar-refractivity contribution is 0.244. The Hall–Kier alpha value is -0.870. The van der Waals surface area contributed by atoms with Crippen LogP contribution in [0.1, 0.15) is 19.3 Å². The summed E-state index contributed by atoms with van der Waals surface area (Å²) < 4.78 is 0. The molecule has 88 valence electrons. The Kier molecular flexibility index (Phi) is 3.96. The first-order valence-corrected chi connectivity index (χ1v) is 6.02. The van der Waals surface area contributed by atoms with Crippen molar-refractivity contribution in [2.45, 2.75) is 19.3 Å². The molecule has 0 radical (unpaired) electrons. The first-order valence-electron chi connectivity index (χ1n) is 5.64. The Bertz CT molecular complexity index is 346. The van der Waals surface area contributed by atoms with Gasteiger partial charge in [0.1, 0.15) is 5.82 Å². The van der Waals surface area contributed by atoms with Gasteiger partial charge in [0, 0.05) is 25.9 Å². The van der Waals surface area contributed by atoms with Crippen LogP contribution in [0.3, 0.4) is 0 Å². The van der Waals surface area contributed by atoms with Crippen LogP contribution in [0.5, 0.6) is 0 Å². The number of aliphatic hydroxyl groups is 1. The summed E-state index contributed by atoms with van der Waals surface area (Å²) in [5.74, 6) is 1.45. The fourth-order valence-corrected chi connectivity index (χ4v) is 2.34. The molecular formula is C11H16ClN3O. The third kappa shape index (κ3) is 2.83. The van der Waals surface area contributed by atoms with Crippen molar-refractivity contribution in [3.05, 3.63) is 17.5 Å². The molecule has 1 N–H and O–H groups in total. The second-order valence-corrected chi connectivity index (χ2v) is 4.49. The van der Waals surface area contributed by atoms with E-state index in [0.29, 0.717) is 11.2 Å². The number of nitrogens with zero attached hydrogens (tertiary/aromatic N) is 3. The van der Waals surface area contributed by atoms with E-state index in [1.807, 2.05) is 6.07 Å². The Labute approximate surface area is 100 Å². The summed E-state index contributed by atoms with van der Waals surface area (Å²) in [6, 6.07) is 1.88. The number of rotatable bonds is 3. The zero-order chi connectivity index (χ0) is 11.4. The van der Waals surface area contributed by atoms with E-state index >= 15 is 0 Å². The number of hydrogen-bond donors (Lipinski definition) is 1. The minimum atomic E-state index is 0.267. The van der Waals surface area contributed by atoms with Crippen LogP contribution in [-0.4, -0.2) is 34.8 Å². The van der Waals surface area contributed by atoms with Gasteiger partial charge in [-0.15, -0.1) is 0 Å². The monoisotopic (exact) mass is 241 g/mol. The van der Waals surface area contributed by atoms with E-state index in [-0.39, 0.29) is 6.61 Å². The third-order valence-corrected chi connectivity index (χ3v) is 3.17. The van der Waals surface area contributed by atoms with Gasteiger partial charge in [-0.3, -0.25) is 0 Å². The number of hydrogen-bond acceptors (Lipinski definition) is 4. The van der Waals surface area contributed by atoms with E-state index in [2.05, 4.69) is 14.9 Å². The molecule has 1 aliphatic rings. The van der Waals surface area contributed by atoms with E-state index in [1.165, 1.54) is 6.42 Å². The molecule has 5 heteroatoms. The minimum absolute atomic E-state index is 0.267. The predicted octanol–water partition coefficient (Wildman–Crippen LogP) is 1.73. The summed E-state index contributed by atoms with van der Waals surface area (Å²) in [6.45, 7) is 2.23. The molecular weight excluding hydrogens is 226 g/mol. The molecule has 0 aliphatic carbocycles. The second-order valence-electron chi connectivity index (χ2n) is 4.15. The van der Waals surface area contributed by atoms with Gasteiger partial charge < -0.3 is 10.0 Å². The average Bonchev–Trinajstić information content (AvgIpc) is 2.30. The van der Waals surface area contributed by atoms with Gasteiger partial charge in [-0.25, -0.2) is 9.97 Å². The quantitative estimate of drug-likeness (QED) is 0.819. The first-order chi connectivity index (χ1) is 7.79. The van der Waals surface area contributed by atoms with Crippen LogP contribution in [0.25, 0.3) is 0 Å². The summed E-state index contributed by atoms with van der Waals surface area (Å²) in [4.78, 5) is 10.3. The van der Waals surface area contributed by atoms with Crippen LogP contribution in [0.15, 0.2) is 12.3 Å². The highest BCUT2D eigenvalue weighted by Crippen LogP contribution is 2.23. The van der Waals surface area contributed by atoms with Gasteiger partial charge in [0.15, 0.2) is 0 Å². The zero-order valence-electron chi connectivity index (χ0n) is 9.14. The summed E-state index contributed by atoms with van der Waals surface area (Å²) in [6.07, 6.45) is 4.89. The number of aliphatic hydroxyl groups excluding tert-OH is 1. The maximum Gasteiger partial charge on any atom is 0.224 e. The summed E-state index contributed by atoms with van der Waals surface area (Å²) >= 11 is 5.77. The van der Waals surface area contributed by atoms with Crippen LogP contribution in [-0.2, 0) is 0 Å². The SMILES string of the molecule is OCCC1CCCN(c2ccnc(Cl)n2)C1. The molecule has 0 saturated carbocycles. The van der Waals surface area contributed by atoms with Gasteiger partial charge in [-0.1, -0.05) is 0 Å². The predicted molar refractivity (Wildman–Crippen MR) is 63.7 cm³/mol. The van der Waals surface area contributed by atoms with E-state index < -0.39 is 0 Å². The molecule has 16 heavy (non-hydrogen) atoms. The van der Waals surface area contributed by atoms with E-state index in [9.17, 15) is 0 Å². The van der Waals surface area contributed by atoms with Gasteiger partial charge in [-0.05, 0) is 42.8 Å². The fourth-order valence-electron chi connectivity index (χ4n) is 2.19. The minimum Gasteiger partial charge on any atom is -0.396 e. The van der Waals surface area contributed by atoms with Gasteiger partial charge >= 0.3 is 0 Å². The van der Waals surface area contributed by atoms with Gasteiger partial charge in [0.05, 0.1) is 0 Å². The standard InChI is InChI=1S/C11H16ClN3O/c12-11-13-5-3-10(14-11)15-6-1-2-9(8-15)4-7-16/h3,5,9,16H,1-2,4,6-8H2. The fraction of sp³-hybridized carbons (Fsp3) is 0.636. The smallest absolute Gasteiger partial charge is 0.224 e. The van der Waals surface area contributed by atoms with Crippen LogP contribution >= 0.6 is 11.6 Å². The second kappa shape index (κ2) is 5.46. The average molecular weight is 242 g/mol. The highest BCUT2D eigenvalue weighted by atomic mass is 35.5. The third-order valence-electron chi connectivity index (χ3n) is 2.99.